The summed E-state index contributed by atoms with van der Waals surface area (Å²) in [6, 6.07) is 8.93. The standard InChI is InChI=1S/C13H16N2O2/c14-12(16)11(15-13(17)10-6-7-10)8-9-4-2-1-3-5-9/h1-5,10-11H,6-8H2,(H2,14,16)(H,15,17)/t11-/m0/s1. The summed E-state index contributed by atoms with van der Waals surface area (Å²) >= 11 is 0. The van der Waals surface area contributed by atoms with Crippen LogP contribution in [0.15, 0.2) is 30.3 Å². The minimum Gasteiger partial charge on any atom is -0.368 e. The summed E-state index contributed by atoms with van der Waals surface area (Å²) in [6.07, 6.45) is 2.29. The second-order valence-electron chi connectivity index (χ2n) is 4.43. The third-order valence-electron chi connectivity index (χ3n) is 2.89. The molecular weight excluding hydrogens is 216 g/mol. The van der Waals surface area contributed by atoms with Crippen molar-refractivity contribution in [2.75, 3.05) is 0 Å². The fourth-order valence-electron chi connectivity index (χ4n) is 1.71. The summed E-state index contributed by atoms with van der Waals surface area (Å²) in [7, 11) is 0. The number of rotatable bonds is 5. The first-order valence-corrected chi connectivity index (χ1v) is 5.80. The van der Waals surface area contributed by atoms with Crippen LogP contribution in [0.2, 0.25) is 0 Å². The van der Waals surface area contributed by atoms with Gasteiger partial charge in [-0.15, -0.1) is 0 Å². The second kappa shape index (κ2) is 4.99. The van der Waals surface area contributed by atoms with E-state index in [1.807, 2.05) is 30.3 Å². The fourth-order valence-corrected chi connectivity index (χ4v) is 1.71. The summed E-state index contributed by atoms with van der Waals surface area (Å²) < 4.78 is 0. The molecule has 4 heteroatoms. The third-order valence-corrected chi connectivity index (χ3v) is 2.89. The Morgan fingerprint density at radius 2 is 1.94 bits per heavy atom. The molecule has 0 aromatic heterocycles. The first kappa shape index (κ1) is 11.6. The summed E-state index contributed by atoms with van der Waals surface area (Å²) in [5.41, 5.74) is 6.29. The molecular formula is C13H16N2O2. The molecule has 0 radical (unpaired) electrons. The van der Waals surface area contributed by atoms with Gasteiger partial charge in [0.25, 0.3) is 0 Å². The van der Waals surface area contributed by atoms with Gasteiger partial charge in [0.1, 0.15) is 6.04 Å². The van der Waals surface area contributed by atoms with Gasteiger partial charge in [-0.05, 0) is 18.4 Å². The Bertz CT molecular complexity index is 413. The molecule has 90 valence electrons. The molecule has 0 aliphatic heterocycles. The van der Waals surface area contributed by atoms with Gasteiger partial charge >= 0.3 is 0 Å². The molecule has 4 nitrogen and oxygen atoms in total. The predicted octanol–water partition coefficient (Wildman–Crippen LogP) is 0.609. The van der Waals surface area contributed by atoms with Crippen molar-refractivity contribution in [1.29, 1.82) is 0 Å². The SMILES string of the molecule is NC(=O)[C@H](Cc1ccccc1)NC(=O)C1CC1. The smallest absolute Gasteiger partial charge is 0.240 e. The Kier molecular flexibility index (Phi) is 3.42. The Balaban J connectivity index is 1.97. The lowest BCUT2D eigenvalue weighted by atomic mass is 10.1. The van der Waals surface area contributed by atoms with Gasteiger partial charge in [-0.2, -0.15) is 0 Å². The van der Waals surface area contributed by atoms with E-state index in [-0.39, 0.29) is 11.8 Å². The topological polar surface area (TPSA) is 72.2 Å². The minimum atomic E-state index is -0.606. The molecule has 0 spiro atoms. The molecule has 0 saturated heterocycles. The molecule has 1 saturated carbocycles. The number of hydrogen-bond donors (Lipinski definition) is 2. The lowest BCUT2D eigenvalue weighted by Gasteiger charge is -2.15. The number of benzene rings is 1. The highest BCUT2D eigenvalue weighted by molar-refractivity contribution is 5.88. The van der Waals surface area contributed by atoms with Gasteiger partial charge in [-0.3, -0.25) is 9.59 Å². The maximum atomic E-state index is 11.6. The number of nitrogens with two attached hydrogens (primary N) is 1. The number of carbonyl (C=O) groups excluding carboxylic acids is 2. The lowest BCUT2D eigenvalue weighted by molar-refractivity contribution is -0.128. The third kappa shape index (κ3) is 3.31. The number of hydrogen-bond acceptors (Lipinski definition) is 2. The summed E-state index contributed by atoms with van der Waals surface area (Å²) in [5.74, 6) is -0.444. The number of carbonyl (C=O) groups is 2. The highest BCUT2D eigenvalue weighted by Crippen LogP contribution is 2.28. The van der Waals surface area contributed by atoms with Crippen molar-refractivity contribution in [2.45, 2.75) is 25.3 Å². The zero-order valence-corrected chi connectivity index (χ0v) is 9.56. The van der Waals surface area contributed by atoms with E-state index in [9.17, 15) is 9.59 Å². The minimum absolute atomic E-state index is 0.0512. The average molecular weight is 232 g/mol. The van der Waals surface area contributed by atoms with Crippen LogP contribution >= 0.6 is 0 Å². The van der Waals surface area contributed by atoms with Crippen LogP contribution in [0.1, 0.15) is 18.4 Å². The molecule has 1 fully saturated rings. The molecule has 0 unspecified atom stereocenters. The molecule has 0 heterocycles. The van der Waals surface area contributed by atoms with Crippen LogP contribution in [0.3, 0.4) is 0 Å². The van der Waals surface area contributed by atoms with Gasteiger partial charge in [0, 0.05) is 12.3 Å². The zero-order chi connectivity index (χ0) is 12.3. The normalized spacial score (nSPS) is 16.2. The van der Waals surface area contributed by atoms with Crippen LogP contribution in [-0.4, -0.2) is 17.9 Å². The summed E-state index contributed by atoms with van der Waals surface area (Å²) in [6.45, 7) is 0. The predicted molar refractivity (Wildman–Crippen MR) is 64.0 cm³/mol. The van der Waals surface area contributed by atoms with Crippen LogP contribution in [0.4, 0.5) is 0 Å². The van der Waals surface area contributed by atoms with E-state index in [1.54, 1.807) is 0 Å². The van der Waals surface area contributed by atoms with Crippen LogP contribution in [0, 0.1) is 5.92 Å². The number of primary amides is 1. The van der Waals surface area contributed by atoms with Crippen LogP contribution in [0.5, 0.6) is 0 Å². The lowest BCUT2D eigenvalue weighted by Crippen LogP contribution is -2.46. The Hall–Kier alpha value is -1.84. The van der Waals surface area contributed by atoms with Crippen molar-refractivity contribution in [3.05, 3.63) is 35.9 Å². The van der Waals surface area contributed by atoms with Gasteiger partial charge in [-0.1, -0.05) is 30.3 Å². The molecule has 2 rings (SSSR count). The maximum absolute atomic E-state index is 11.6. The van der Waals surface area contributed by atoms with Gasteiger partial charge in [0.2, 0.25) is 11.8 Å². The van der Waals surface area contributed by atoms with Crippen molar-refractivity contribution in [1.82, 2.24) is 5.32 Å². The van der Waals surface area contributed by atoms with E-state index in [0.717, 1.165) is 18.4 Å². The molecule has 1 atom stereocenters. The van der Waals surface area contributed by atoms with Crippen molar-refractivity contribution in [3.63, 3.8) is 0 Å². The molecule has 17 heavy (non-hydrogen) atoms. The molecule has 1 aromatic carbocycles. The summed E-state index contributed by atoms with van der Waals surface area (Å²) in [4.78, 5) is 22.9. The van der Waals surface area contributed by atoms with Gasteiger partial charge < -0.3 is 11.1 Å². The maximum Gasteiger partial charge on any atom is 0.240 e. The second-order valence-corrected chi connectivity index (χ2v) is 4.43. The Labute approximate surface area is 100 Å². The van der Waals surface area contributed by atoms with E-state index < -0.39 is 11.9 Å². The first-order valence-electron chi connectivity index (χ1n) is 5.80. The van der Waals surface area contributed by atoms with Gasteiger partial charge in [0.05, 0.1) is 0 Å². The molecule has 3 N–H and O–H groups in total. The summed E-state index contributed by atoms with van der Waals surface area (Å²) in [5, 5.41) is 2.71. The van der Waals surface area contributed by atoms with Crippen molar-refractivity contribution < 1.29 is 9.59 Å². The van der Waals surface area contributed by atoms with Crippen molar-refractivity contribution in [3.8, 4) is 0 Å². The van der Waals surface area contributed by atoms with E-state index in [2.05, 4.69) is 5.32 Å². The van der Waals surface area contributed by atoms with Crippen LogP contribution < -0.4 is 11.1 Å². The highest BCUT2D eigenvalue weighted by Gasteiger charge is 2.32. The monoisotopic (exact) mass is 232 g/mol. The van der Waals surface area contributed by atoms with Gasteiger partial charge in [-0.25, -0.2) is 0 Å². The van der Waals surface area contributed by atoms with E-state index >= 15 is 0 Å². The van der Waals surface area contributed by atoms with Crippen LogP contribution in [-0.2, 0) is 16.0 Å². The average Bonchev–Trinajstić information content (AvgIpc) is 3.13. The molecule has 2 amide bonds. The first-order chi connectivity index (χ1) is 8.16. The van der Waals surface area contributed by atoms with Crippen molar-refractivity contribution in [2.24, 2.45) is 11.7 Å². The fraction of sp³-hybridized carbons (Fsp3) is 0.385. The van der Waals surface area contributed by atoms with Crippen LogP contribution in [0.25, 0.3) is 0 Å². The van der Waals surface area contributed by atoms with Crippen molar-refractivity contribution >= 4 is 11.8 Å². The quantitative estimate of drug-likeness (QED) is 0.780. The van der Waals surface area contributed by atoms with E-state index in [4.69, 9.17) is 5.73 Å². The molecule has 1 aliphatic rings. The molecule has 0 bridgehead atoms. The van der Waals surface area contributed by atoms with Gasteiger partial charge in [0.15, 0.2) is 0 Å². The zero-order valence-electron chi connectivity index (χ0n) is 9.56. The number of amides is 2. The Morgan fingerprint density at radius 3 is 2.47 bits per heavy atom. The molecule has 1 aliphatic carbocycles. The molecule has 1 aromatic rings. The highest BCUT2D eigenvalue weighted by atomic mass is 16.2. The van der Waals surface area contributed by atoms with E-state index in [0.29, 0.717) is 6.42 Å². The number of nitrogens with one attached hydrogen (secondary N) is 1. The largest absolute Gasteiger partial charge is 0.368 e. The Morgan fingerprint density at radius 1 is 1.29 bits per heavy atom. The van der Waals surface area contributed by atoms with E-state index in [1.165, 1.54) is 0 Å².